The SMILES string of the molecule is CCc1ccc([C@@H]2C(C#N)=C(N)N(c3ccc(F)cc3)C3=C2C(=O)CC(C)(C)C3)s1. The smallest absolute Gasteiger partial charge is 0.162 e. The van der Waals surface area contributed by atoms with E-state index in [9.17, 15) is 14.4 Å². The van der Waals surface area contributed by atoms with Gasteiger partial charge in [-0.25, -0.2) is 4.39 Å². The second kappa shape index (κ2) is 7.41. The standard InChI is InChI=1S/C24H24FN3OS/c1-4-16-9-10-20(30-16)21-17(13-26)23(27)28(15-7-5-14(25)6-8-15)18-11-24(2,3)12-19(29)22(18)21/h5-10,21H,4,11-12,27H2,1-3H3/t21-/m0/s1. The summed E-state index contributed by atoms with van der Waals surface area (Å²) in [6.45, 7) is 6.21. The number of hydrogen-bond donors (Lipinski definition) is 1. The topological polar surface area (TPSA) is 70.1 Å². The van der Waals surface area contributed by atoms with Crippen LogP contribution in [0.5, 0.6) is 0 Å². The van der Waals surface area contributed by atoms with Crippen LogP contribution in [0.15, 0.2) is 59.1 Å². The van der Waals surface area contributed by atoms with Gasteiger partial charge in [0.05, 0.1) is 17.6 Å². The first-order chi connectivity index (χ1) is 14.3. The third kappa shape index (κ3) is 3.33. The number of nitrogens with zero attached hydrogens (tertiary/aromatic N) is 2. The van der Waals surface area contributed by atoms with Gasteiger partial charge < -0.3 is 5.73 Å². The first kappa shape index (κ1) is 20.4. The molecule has 0 spiro atoms. The summed E-state index contributed by atoms with van der Waals surface area (Å²) in [4.78, 5) is 17.3. The van der Waals surface area contributed by atoms with Gasteiger partial charge in [-0.3, -0.25) is 9.69 Å². The van der Waals surface area contributed by atoms with Crippen molar-refractivity contribution in [3.63, 3.8) is 0 Å². The van der Waals surface area contributed by atoms with E-state index >= 15 is 0 Å². The molecule has 4 nitrogen and oxygen atoms in total. The number of anilines is 1. The summed E-state index contributed by atoms with van der Waals surface area (Å²) in [5.41, 5.74) is 8.82. The number of carbonyl (C=O) groups excluding carboxylic acids is 1. The molecule has 2 N–H and O–H groups in total. The van der Waals surface area contributed by atoms with Crippen LogP contribution in [0, 0.1) is 22.6 Å². The van der Waals surface area contributed by atoms with E-state index in [0.29, 0.717) is 35.5 Å². The van der Waals surface area contributed by atoms with Crippen LogP contribution in [0.2, 0.25) is 0 Å². The van der Waals surface area contributed by atoms with Crippen LogP contribution in [0.1, 0.15) is 49.3 Å². The Hall–Kier alpha value is -2.91. The molecule has 0 saturated heterocycles. The minimum absolute atomic E-state index is 0.0464. The van der Waals surface area contributed by atoms with Crippen molar-refractivity contribution in [1.82, 2.24) is 0 Å². The molecular formula is C24H24FN3OS. The van der Waals surface area contributed by atoms with Crippen molar-refractivity contribution < 1.29 is 9.18 Å². The quantitative estimate of drug-likeness (QED) is 0.721. The van der Waals surface area contributed by atoms with Crippen LogP contribution in [0.25, 0.3) is 0 Å². The molecule has 1 aromatic carbocycles. The molecule has 1 aromatic heterocycles. The van der Waals surface area contributed by atoms with E-state index in [4.69, 9.17) is 5.73 Å². The van der Waals surface area contributed by atoms with Gasteiger partial charge >= 0.3 is 0 Å². The molecular weight excluding hydrogens is 397 g/mol. The zero-order valence-electron chi connectivity index (χ0n) is 17.3. The highest BCUT2D eigenvalue weighted by Crippen LogP contribution is 2.51. The largest absolute Gasteiger partial charge is 0.384 e. The van der Waals surface area contributed by atoms with E-state index in [1.807, 2.05) is 6.07 Å². The third-order valence-corrected chi connectivity index (χ3v) is 7.08. The van der Waals surface area contributed by atoms with Crippen LogP contribution in [0.3, 0.4) is 0 Å². The van der Waals surface area contributed by atoms with Gasteiger partial charge in [-0.2, -0.15) is 5.26 Å². The molecule has 0 bridgehead atoms. The molecule has 0 radical (unpaired) electrons. The Morgan fingerprint density at radius 1 is 1.23 bits per heavy atom. The summed E-state index contributed by atoms with van der Waals surface area (Å²) in [5.74, 6) is -0.443. The molecule has 0 fully saturated rings. The average molecular weight is 422 g/mol. The summed E-state index contributed by atoms with van der Waals surface area (Å²) in [6, 6.07) is 12.3. The maximum absolute atomic E-state index is 13.6. The van der Waals surface area contributed by atoms with E-state index in [1.165, 1.54) is 17.0 Å². The molecule has 0 saturated carbocycles. The van der Waals surface area contributed by atoms with E-state index in [1.54, 1.807) is 28.4 Å². The van der Waals surface area contributed by atoms with E-state index in [0.717, 1.165) is 17.0 Å². The van der Waals surface area contributed by atoms with Crippen LogP contribution in [-0.4, -0.2) is 5.78 Å². The molecule has 1 atom stereocenters. The molecule has 154 valence electrons. The van der Waals surface area contributed by atoms with Crippen molar-refractivity contribution in [2.24, 2.45) is 11.1 Å². The molecule has 1 aliphatic heterocycles. The Bertz CT molecular complexity index is 1120. The summed E-state index contributed by atoms with van der Waals surface area (Å²) in [7, 11) is 0. The summed E-state index contributed by atoms with van der Waals surface area (Å²) in [5, 5.41) is 10.0. The molecule has 2 heterocycles. The van der Waals surface area contributed by atoms with Crippen molar-refractivity contribution >= 4 is 22.8 Å². The van der Waals surface area contributed by atoms with Gasteiger partial charge in [0.25, 0.3) is 0 Å². The monoisotopic (exact) mass is 421 g/mol. The highest BCUT2D eigenvalue weighted by molar-refractivity contribution is 7.12. The van der Waals surface area contributed by atoms with Gasteiger partial charge in [0, 0.05) is 33.1 Å². The lowest BCUT2D eigenvalue weighted by Crippen LogP contribution is -2.42. The predicted octanol–water partition coefficient (Wildman–Crippen LogP) is 5.39. The Labute approximate surface area is 180 Å². The lowest BCUT2D eigenvalue weighted by molar-refractivity contribution is -0.118. The van der Waals surface area contributed by atoms with Crippen LogP contribution < -0.4 is 10.6 Å². The summed E-state index contributed by atoms with van der Waals surface area (Å²) < 4.78 is 13.6. The highest BCUT2D eigenvalue weighted by atomic mass is 32.1. The molecule has 0 unspecified atom stereocenters. The van der Waals surface area contributed by atoms with Crippen LogP contribution in [0.4, 0.5) is 10.1 Å². The summed E-state index contributed by atoms with van der Waals surface area (Å²) in [6.07, 6.45) is 1.96. The van der Waals surface area contributed by atoms with E-state index in [2.05, 4.69) is 32.9 Å². The number of rotatable bonds is 3. The number of aryl methyl sites for hydroxylation is 1. The molecule has 2 aromatic rings. The Balaban J connectivity index is 1.97. The number of thiophene rings is 1. The second-order valence-electron chi connectivity index (χ2n) is 8.61. The first-order valence-electron chi connectivity index (χ1n) is 10.1. The fraction of sp³-hybridized carbons (Fsp3) is 0.333. The average Bonchev–Trinajstić information content (AvgIpc) is 3.16. The minimum Gasteiger partial charge on any atom is -0.384 e. The molecule has 1 aliphatic carbocycles. The highest BCUT2D eigenvalue weighted by Gasteiger charge is 2.45. The number of benzene rings is 1. The van der Waals surface area contributed by atoms with Crippen molar-refractivity contribution in [3.8, 4) is 6.07 Å². The fourth-order valence-corrected chi connectivity index (χ4v) is 5.49. The Kier molecular flexibility index (Phi) is 5.03. The molecule has 2 aliphatic rings. The normalized spacial score (nSPS) is 21.0. The van der Waals surface area contributed by atoms with Crippen molar-refractivity contribution in [1.29, 1.82) is 5.26 Å². The van der Waals surface area contributed by atoms with Crippen LogP contribution in [-0.2, 0) is 11.2 Å². The summed E-state index contributed by atoms with van der Waals surface area (Å²) >= 11 is 1.62. The number of halogens is 1. The van der Waals surface area contributed by atoms with E-state index < -0.39 is 5.92 Å². The third-order valence-electron chi connectivity index (χ3n) is 5.78. The van der Waals surface area contributed by atoms with Crippen molar-refractivity contribution in [3.05, 3.63) is 74.6 Å². The maximum atomic E-state index is 13.6. The number of Topliss-reactive ketones (excluding diaryl/α,β-unsaturated/α-hetero) is 1. The fourth-order valence-electron chi connectivity index (χ4n) is 4.42. The first-order valence-corrected chi connectivity index (χ1v) is 10.9. The molecule has 0 amide bonds. The Morgan fingerprint density at radius 2 is 1.93 bits per heavy atom. The van der Waals surface area contributed by atoms with Gasteiger partial charge in [0.15, 0.2) is 5.78 Å². The molecule has 4 rings (SSSR count). The number of nitrogens with two attached hydrogens (primary N) is 1. The Morgan fingerprint density at radius 3 is 2.53 bits per heavy atom. The minimum atomic E-state index is -0.449. The second-order valence-corrected chi connectivity index (χ2v) is 9.81. The van der Waals surface area contributed by atoms with Gasteiger partial charge in [0.1, 0.15) is 11.6 Å². The van der Waals surface area contributed by atoms with Crippen molar-refractivity contribution in [2.45, 2.75) is 46.0 Å². The zero-order chi connectivity index (χ0) is 21.6. The lowest BCUT2D eigenvalue weighted by Gasteiger charge is -2.43. The zero-order valence-corrected chi connectivity index (χ0v) is 18.1. The predicted molar refractivity (Wildman–Crippen MR) is 117 cm³/mol. The van der Waals surface area contributed by atoms with Crippen molar-refractivity contribution in [2.75, 3.05) is 4.90 Å². The number of nitriles is 1. The maximum Gasteiger partial charge on any atom is 0.162 e. The van der Waals surface area contributed by atoms with Gasteiger partial charge in [0.2, 0.25) is 0 Å². The molecule has 30 heavy (non-hydrogen) atoms. The van der Waals surface area contributed by atoms with E-state index in [-0.39, 0.29) is 17.0 Å². The number of allylic oxidation sites excluding steroid dienone is 3. The number of carbonyl (C=O) groups is 1. The molecule has 6 heteroatoms. The van der Waals surface area contributed by atoms with Gasteiger partial charge in [-0.15, -0.1) is 11.3 Å². The lowest BCUT2D eigenvalue weighted by atomic mass is 9.69. The van der Waals surface area contributed by atoms with Crippen LogP contribution >= 0.6 is 11.3 Å². The van der Waals surface area contributed by atoms with Gasteiger partial charge in [-0.1, -0.05) is 20.8 Å². The van der Waals surface area contributed by atoms with Gasteiger partial charge in [-0.05, 0) is 54.7 Å². The number of ketones is 1. The number of hydrogen-bond acceptors (Lipinski definition) is 5.